The van der Waals surface area contributed by atoms with E-state index in [0.717, 1.165) is 89.9 Å². The van der Waals surface area contributed by atoms with Crippen LogP contribution in [0.3, 0.4) is 0 Å². The third-order valence-electron chi connectivity index (χ3n) is 44.7. The average molecular weight is 1960 g/mol. The standard InChI is InChI=1S/C114H172O26/c1-58(22-34-99(124)125)79-26-33-86-106-90(57-98(114(79,86)21)140-102(128)37-25-61(4)82-29-32-85-105-89(56-97(113(82,85)20)137-70(13)123)109(16)44-40-77(131-64(7)117)48-73(109)52-93(105)134-67(10)120)110(17)45-41-78(138-100(126)35-23-59(2)80-27-30-83-103-87(54-95(111(80,83)18)135-68(11)121)107(14)42-38-75(129-62(5)115)46-71(107)50-91(103)132-65(8)118)49-74(110)53-94(106)139-101(127)36-24-60(3)81-28-31-84-104-88(55-96(112(81,84)19)136-69(12)122)108(15)43-39-76(130-63(6)116)47-72(108)51-92(104)133-66(9)119/h58-61,71-98,103-106H,22-57H2,1-21H3,(H,124,125)/t58-,59-,60-,61-,71+,72+,73+,74+,75-,76-,77-,78-,79-,80-,81-,82-,83+,84+,85+,86+,87+,88+,89+,90+,91-,92-,93-,94-,95+,96+,97+,98+,103+,104+,105+,106+,107+,108+,109+,110+,111-,112-,113-,114-/m1/s1. The zero-order valence-electron chi connectivity index (χ0n) is 88.4. The van der Waals surface area contributed by atoms with Crippen LogP contribution in [0.15, 0.2) is 0 Å². The fourth-order valence-corrected chi connectivity index (χ4v) is 38.7. The Morgan fingerprint density at radius 1 is 0.243 bits per heavy atom. The largest absolute Gasteiger partial charge is 0.481 e. The first-order valence-electron chi connectivity index (χ1n) is 55.2. The van der Waals surface area contributed by atoms with Crippen molar-refractivity contribution in [2.75, 3.05) is 0 Å². The molecule has 0 spiro atoms. The Kier molecular flexibility index (Phi) is 30.8. The minimum atomic E-state index is -0.880. The Balaban J connectivity index is 0.659. The van der Waals surface area contributed by atoms with Crippen LogP contribution >= 0.6 is 0 Å². The molecule has 784 valence electrons. The lowest BCUT2D eigenvalue weighted by Crippen LogP contribution is -2.63. The van der Waals surface area contributed by atoms with Gasteiger partial charge in [0, 0.05) is 133 Å². The van der Waals surface area contributed by atoms with Gasteiger partial charge in [-0.15, -0.1) is 0 Å². The normalized spacial score (nSPS) is 45.7. The van der Waals surface area contributed by atoms with E-state index in [1.165, 1.54) is 62.3 Å². The number of aliphatic carboxylic acids is 1. The first-order chi connectivity index (χ1) is 65.9. The highest BCUT2D eigenvalue weighted by Gasteiger charge is 2.74. The molecule has 1 N–H and O–H groups in total. The zero-order chi connectivity index (χ0) is 101. The van der Waals surface area contributed by atoms with Crippen LogP contribution in [0.1, 0.15) is 377 Å². The van der Waals surface area contributed by atoms with Gasteiger partial charge in [-0.25, -0.2) is 0 Å². The Labute approximate surface area is 832 Å². The van der Waals surface area contributed by atoms with Crippen LogP contribution in [0.25, 0.3) is 0 Å². The van der Waals surface area contributed by atoms with Gasteiger partial charge in [0.1, 0.15) is 73.2 Å². The van der Waals surface area contributed by atoms with Crippen LogP contribution in [0.4, 0.5) is 0 Å². The molecule has 0 aromatic carbocycles. The Hall–Kier alpha value is -6.89. The van der Waals surface area contributed by atoms with E-state index in [4.69, 9.17) is 56.8 Å². The molecule has 16 rings (SSSR count). The number of carbonyl (C=O) groups excluding carboxylic acids is 12. The summed E-state index contributed by atoms with van der Waals surface area (Å²) in [6, 6.07) is 0. The number of ether oxygens (including phenoxy) is 12. The van der Waals surface area contributed by atoms with Gasteiger partial charge in [-0.1, -0.05) is 83.1 Å². The fraction of sp³-hybridized carbons (Fsp3) is 0.886. The average Bonchev–Trinajstić information content (AvgIpc) is 1.57. The van der Waals surface area contributed by atoms with E-state index in [-0.39, 0.29) is 292 Å². The van der Waals surface area contributed by atoms with Crippen LogP contribution < -0.4 is 0 Å². The topological polar surface area (TPSA) is 353 Å². The van der Waals surface area contributed by atoms with E-state index in [2.05, 4.69) is 83.1 Å². The minimum absolute atomic E-state index is 0.00892. The Morgan fingerprint density at radius 3 is 0.700 bits per heavy atom. The van der Waals surface area contributed by atoms with Crippen molar-refractivity contribution in [3.8, 4) is 0 Å². The molecule has 16 saturated carbocycles. The molecule has 16 aliphatic rings. The minimum Gasteiger partial charge on any atom is -0.481 e. The number of hydrogen-bond donors (Lipinski definition) is 1. The second kappa shape index (κ2) is 40.7. The van der Waals surface area contributed by atoms with Crippen molar-refractivity contribution in [3.05, 3.63) is 0 Å². The molecule has 26 heteroatoms. The van der Waals surface area contributed by atoms with Gasteiger partial charge in [-0.3, -0.25) is 62.3 Å². The second-order valence-electron chi connectivity index (χ2n) is 51.2. The van der Waals surface area contributed by atoms with Gasteiger partial charge in [-0.2, -0.15) is 0 Å². The van der Waals surface area contributed by atoms with E-state index in [9.17, 15) is 53.1 Å². The van der Waals surface area contributed by atoms with Gasteiger partial charge in [0.2, 0.25) is 0 Å². The Morgan fingerprint density at radius 2 is 0.457 bits per heavy atom. The summed E-state index contributed by atoms with van der Waals surface area (Å²) in [5.41, 5.74) is -3.24. The molecule has 0 unspecified atom stereocenters. The number of carboxylic acids is 1. The molecular weight excluding hydrogens is 1790 g/mol. The third kappa shape index (κ3) is 19.5. The van der Waals surface area contributed by atoms with Gasteiger partial charge >= 0.3 is 77.6 Å². The van der Waals surface area contributed by atoms with Crippen LogP contribution in [0.2, 0.25) is 0 Å². The predicted molar refractivity (Wildman–Crippen MR) is 515 cm³/mol. The number of fused-ring (bicyclic) bond motifs is 20. The summed E-state index contributed by atoms with van der Waals surface area (Å²) >= 11 is 0. The molecule has 0 aliphatic heterocycles. The highest BCUT2D eigenvalue weighted by molar-refractivity contribution is 5.72. The molecule has 0 bridgehead atoms. The van der Waals surface area contributed by atoms with Gasteiger partial charge < -0.3 is 61.9 Å². The molecule has 0 aromatic rings. The fourth-order valence-electron chi connectivity index (χ4n) is 38.7. The van der Waals surface area contributed by atoms with Crippen molar-refractivity contribution >= 4 is 77.6 Å². The number of esters is 12. The summed E-state index contributed by atoms with van der Waals surface area (Å²) in [5.74, 6) is -4.76. The van der Waals surface area contributed by atoms with Crippen molar-refractivity contribution in [2.24, 2.45) is 185 Å². The molecule has 0 amide bonds. The maximum atomic E-state index is 15.7. The molecule has 16 aliphatic carbocycles. The van der Waals surface area contributed by atoms with Crippen LogP contribution in [-0.2, 0) is 119 Å². The summed E-state index contributed by atoms with van der Waals surface area (Å²) in [7, 11) is 0. The van der Waals surface area contributed by atoms with Gasteiger partial charge in [0.05, 0.1) is 0 Å². The van der Waals surface area contributed by atoms with Gasteiger partial charge in [0.15, 0.2) is 0 Å². The molecular formula is C114H172O26. The first-order valence-corrected chi connectivity index (χ1v) is 55.2. The second-order valence-corrected chi connectivity index (χ2v) is 51.2. The van der Waals surface area contributed by atoms with Crippen molar-refractivity contribution < 1.29 is 124 Å². The quantitative estimate of drug-likeness (QED) is 0.0561. The highest BCUT2D eigenvalue weighted by atomic mass is 16.6. The van der Waals surface area contributed by atoms with E-state index in [1.807, 2.05) is 0 Å². The zero-order valence-corrected chi connectivity index (χ0v) is 88.4. The monoisotopic (exact) mass is 1960 g/mol. The molecule has 0 saturated heterocycles. The van der Waals surface area contributed by atoms with E-state index >= 15 is 14.4 Å². The third-order valence-corrected chi connectivity index (χ3v) is 44.7. The van der Waals surface area contributed by atoms with E-state index in [1.54, 1.807) is 0 Å². The summed E-state index contributed by atoms with van der Waals surface area (Å²) in [6.07, 6.45) is 17.3. The molecule has 0 aromatic heterocycles. The van der Waals surface area contributed by atoms with Crippen molar-refractivity contribution in [1.29, 1.82) is 0 Å². The number of carbonyl (C=O) groups is 13. The summed E-state index contributed by atoms with van der Waals surface area (Å²) in [5, 5.41) is 10.3. The lowest BCUT2D eigenvalue weighted by molar-refractivity contribution is -0.226. The smallest absolute Gasteiger partial charge is 0.306 e. The maximum absolute atomic E-state index is 15.7. The predicted octanol–water partition coefficient (Wildman–Crippen LogP) is 20.4. The molecule has 26 nitrogen and oxygen atoms in total. The van der Waals surface area contributed by atoms with Crippen molar-refractivity contribution in [2.45, 2.75) is 450 Å². The first kappa shape index (κ1) is 106. The summed E-state index contributed by atoms with van der Waals surface area (Å²) < 4.78 is 78.0. The van der Waals surface area contributed by atoms with Crippen LogP contribution in [-0.4, -0.2) is 156 Å². The molecule has 16 fully saturated rings. The van der Waals surface area contributed by atoms with Crippen LogP contribution in [0, 0.1) is 185 Å². The molecule has 140 heavy (non-hydrogen) atoms. The van der Waals surface area contributed by atoms with Crippen molar-refractivity contribution in [3.63, 3.8) is 0 Å². The maximum Gasteiger partial charge on any atom is 0.306 e. The number of rotatable bonds is 28. The number of hydrogen-bond acceptors (Lipinski definition) is 25. The highest BCUT2D eigenvalue weighted by Crippen LogP contribution is 2.76. The van der Waals surface area contributed by atoms with E-state index in [0.29, 0.717) is 116 Å². The lowest BCUT2D eigenvalue weighted by Gasteiger charge is -2.64. The van der Waals surface area contributed by atoms with E-state index < -0.39 is 69.7 Å². The van der Waals surface area contributed by atoms with Gasteiger partial charge in [-0.05, 0) is 345 Å². The molecule has 44 atom stereocenters. The van der Waals surface area contributed by atoms with Gasteiger partial charge in [0.25, 0.3) is 0 Å². The summed E-state index contributed by atoms with van der Waals surface area (Å²) in [4.78, 5) is 176. The van der Waals surface area contributed by atoms with Crippen molar-refractivity contribution in [1.82, 2.24) is 0 Å². The van der Waals surface area contributed by atoms with Crippen LogP contribution in [0.5, 0.6) is 0 Å². The number of carboxylic acid groups (broad SMARTS) is 1. The molecule has 0 radical (unpaired) electrons. The Bertz CT molecular complexity index is 4640. The summed E-state index contributed by atoms with van der Waals surface area (Å²) in [6.45, 7) is 40.7. The lowest BCUT2D eigenvalue weighted by atomic mass is 9.43. The molecule has 0 heterocycles. The SMILES string of the molecule is CC(=O)O[C@@H]1CC[C@@]2(C)[C@@H](C1)C[C@@H](OC(C)=O)[C@@H]1[C@@H]2C[C@H](OC(C)=O)[C@]2(C)[C@@H]([C@H](C)CCC(=O)O[C@@H]3CC[C@@]4(C)[C@@H](C3)C[C@@H](OC(=O)CC[C@@H](C)[C@H]3CC[C@H]5[C@@H]6[C@H](OC(C)=O)C[C@@H]7C[C@H](OC(C)=O)CC[C@]7(C)[C@H]6C[C@H](OC(C)=O)[C@]35C)[C@@H]3[C@@H]4C[C@H](OC(=O)CC[C@@H](C)[C@H]4CC[C@H]5[C@@H]6[C@H](OC(C)=O)C[C@@H]7C[C@H](OC(C)=O)CC[C@]7(C)[C@H]6C[C@H](OC(C)=O)[C@]45C)[C@]4(C)[C@@H]([C@H](C)CCC(=O)O)CC[C@@H]34)CC[C@@H]12.